The molecule has 3 N–H and O–H groups in total. The highest BCUT2D eigenvalue weighted by Crippen LogP contribution is 2.31. The van der Waals surface area contributed by atoms with Crippen molar-refractivity contribution in [2.45, 2.75) is 19.1 Å². The van der Waals surface area contributed by atoms with Crippen LogP contribution in [-0.4, -0.2) is 22.0 Å². The zero-order valence-corrected chi connectivity index (χ0v) is 17.5. The predicted molar refractivity (Wildman–Crippen MR) is 116 cm³/mol. The van der Waals surface area contributed by atoms with Crippen LogP contribution >= 0.6 is 11.3 Å². The summed E-state index contributed by atoms with van der Waals surface area (Å²) in [5.74, 6) is -0.798. The van der Waals surface area contributed by atoms with Crippen LogP contribution < -0.4 is 10.6 Å². The number of amides is 2. The molecule has 0 radical (unpaired) electrons. The minimum absolute atomic E-state index is 0.0516. The maximum Gasteiger partial charge on any atom is 0.416 e. The lowest BCUT2D eigenvalue weighted by atomic mass is 10.1. The van der Waals surface area contributed by atoms with Crippen molar-refractivity contribution in [2.24, 2.45) is 0 Å². The number of aromatic amines is 1. The number of carbonyl (C=O) groups is 2. The molecular formula is C22H17F3N4O2S. The second kappa shape index (κ2) is 8.46. The molecule has 6 nitrogen and oxygen atoms in total. The van der Waals surface area contributed by atoms with Gasteiger partial charge in [0.2, 0.25) is 0 Å². The molecule has 0 saturated heterocycles. The van der Waals surface area contributed by atoms with Crippen LogP contribution in [0.25, 0.3) is 10.9 Å². The van der Waals surface area contributed by atoms with E-state index in [-0.39, 0.29) is 17.6 Å². The highest BCUT2D eigenvalue weighted by Gasteiger charge is 2.30. The first-order valence-electron chi connectivity index (χ1n) is 9.53. The molecule has 10 heteroatoms. The topological polar surface area (TPSA) is 86.9 Å². The van der Waals surface area contributed by atoms with Gasteiger partial charge in [0, 0.05) is 21.5 Å². The van der Waals surface area contributed by atoms with Crippen LogP contribution in [0, 0.1) is 0 Å². The summed E-state index contributed by atoms with van der Waals surface area (Å²) in [5.41, 5.74) is 0.511. The van der Waals surface area contributed by atoms with Crippen molar-refractivity contribution in [2.75, 3.05) is 5.32 Å². The van der Waals surface area contributed by atoms with Crippen molar-refractivity contribution in [1.29, 1.82) is 0 Å². The molecule has 2 heterocycles. The number of hydrogen-bond acceptors (Lipinski definition) is 4. The van der Waals surface area contributed by atoms with Gasteiger partial charge in [0.15, 0.2) is 0 Å². The Kier molecular flexibility index (Phi) is 5.70. The van der Waals surface area contributed by atoms with Crippen molar-refractivity contribution in [1.82, 2.24) is 15.5 Å². The predicted octanol–water partition coefficient (Wildman–Crippen LogP) is 5.39. The molecule has 0 aliphatic carbocycles. The first-order chi connectivity index (χ1) is 15.2. The van der Waals surface area contributed by atoms with Crippen LogP contribution in [0.3, 0.4) is 0 Å². The summed E-state index contributed by atoms with van der Waals surface area (Å²) in [6.45, 7) is 1.79. The second-order valence-electron chi connectivity index (χ2n) is 7.10. The van der Waals surface area contributed by atoms with Gasteiger partial charge in [-0.25, -0.2) is 0 Å². The smallest absolute Gasteiger partial charge is 0.345 e. The summed E-state index contributed by atoms with van der Waals surface area (Å²) in [5, 5.41) is 12.9. The lowest BCUT2D eigenvalue weighted by Crippen LogP contribution is -2.26. The second-order valence-corrected chi connectivity index (χ2v) is 8.22. The fourth-order valence-electron chi connectivity index (χ4n) is 3.11. The molecule has 0 bridgehead atoms. The number of hydrogen-bond donors (Lipinski definition) is 3. The Morgan fingerprint density at radius 2 is 1.88 bits per heavy atom. The average molecular weight is 458 g/mol. The average Bonchev–Trinajstić information content (AvgIpc) is 3.42. The Labute approximate surface area is 184 Å². The summed E-state index contributed by atoms with van der Waals surface area (Å²) in [4.78, 5) is 26.1. The quantitative estimate of drug-likeness (QED) is 0.375. The molecule has 4 rings (SSSR count). The van der Waals surface area contributed by atoms with Crippen LogP contribution in [0.2, 0.25) is 0 Å². The number of rotatable bonds is 5. The number of aromatic nitrogens is 2. The van der Waals surface area contributed by atoms with Gasteiger partial charge in [0.05, 0.1) is 28.2 Å². The number of anilines is 1. The number of fused-ring (bicyclic) bond motifs is 1. The van der Waals surface area contributed by atoms with Gasteiger partial charge >= 0.3 is 6.18 Å². The highest BCUT2D eigenvalue weighted by atomic mass is 32.1. The molecular weight excluding hydrogens is 441 g/mol. The third kappa shape index (κ3) is 4.65. The maximum atomic E-state index is 12.9. The molecule has 0 aliphatic heterocycles. The fraction of sp³-hybridized carbons (Fsp3) is 0.136. The molecule has 2 aromatic heterocycles. The van der Waals surface area contributed by atoms with E-state index in [1.54, 1.807) is 43.5 Å². The standard InChI is InChI=1S/C22H17F3N4O2S/c1-12(27-20(30)13-5-6-17-14(9-13)11-26-29-17)18-7-8-19(32-18)21(31)28-16-4-2-3-15(10-16)22(23,24)25/h2-12H,1H3,(H,26,29)(H,27,30)(H,28,31). The summed E-state index contributed by atoms with van der Waals surface area (Å²) < 4.78 is 38.6. The van der Waals surface area contributed by atoms with Gasteiger partial charge in [-0.05, 0) is 55.5 Å². The number of nitrogens with one attached hydrogen (secondary N) is 3. The van der Waals surface area contributed by atoms with Gasteiger partial charge < -0.3 is 10.6 Å². The third-order valence-corrected chi connectivity index (χ3v) is 6.04. The molecule has 4 aromatic rings. The minimum atomic E-state index is -4.49. The Morgan fingerprint density at radius 3 is 2.66 bits per heavy atom. The van der Waals surface area contributed by atoms with E-state index in [0.29, 0.717) is 10.4 Å². The van der Waals surface area contributed by atoms with Crippen molar-refractivity contribution in [3.05, 3.63) is 81.7 Å². The van der Waals surface area contributed by atoms with Gasteiger partial charge in [-0.2, -0.15) is 18.3 Å². The normalized spacial score (nSPS) is 12.5. The Balaban J connectivity index is 1.42. The highest BCUT2D eigenvalue weighted by molar-refractivity contribution is 7.14. The van der Waals surface area contributed by atoms with E-state index in [2.05, 4.69) is 20.8 Å². The molecule has 32 heavy (non-hydrogen) atoms. The van der Waals surface area contributed by atoms with E-state index in [1.807, 2.05) is 0 Å². The van der Waals surface area contributed by atoms with Crippen LogP contribution in [0.5, 0.6) is 0 Å². The molecule has 1 atom stereocenters. The molecule has 2 amide bonds. The van der Waals surface area contributed by atoms with E-state index in [0.717, 1.165) is 39.2 Å². The summed E-state index contributed by atoms with van der Waals surface area (Å²) in [7, 11) is 0. The first-order valence-corrected chi connectivity index (χ1v) is 10.3. The lowest BCUT2D eigenvalue weighted by molar-refractivity contribution is -0.137. The number of thiophene rings is 1. The van der Waals surface area contributed by atoms with E-state index in [9.17, 15) is 22.8 Å². The SMILES string of the molecule is CC(NC(=O)c1ccc2[nH]ncc2c1)c1ccc(C(=O)Nc2cccc(C(F)(F)F)c2)s1. The largest absolute Gasteiger partial charge is 0.416 e. The Hall–Kier alpha value is -3.66. The number of carbonyl (C=O) groups excluding carboxylic acids is 2. The molecule has 1 unspecified atom stereocenters. The molecule has 0 fully saturated rings. The van der Waals surface area contributed by atoms with Crippen LogP contribution in [0.1, 0.15) is 43.4 Å². The number of halogens is 3. The van der Waals surface area contributed by atoms with Gasteiger partial charge in [-0.3, -0.25) is 14.7 Å². The first kappa shape index (κ1) is 21.6. The molecule has 0 spiro atoms. The number of alkyl halides is 3. The van der Waals surface area contributed by atoms with Crippen LogP contribution in [0.4, 0.5) is 18.9 Å². The number of benzene rings is 2. The number of H-pyrrole nitrogens is 1. The van der Waals surface area contributed by atoms with E-state index in [1.165, 1.54) is 12.1 Å². The molecule has 0 aliphatic rings. The Morgan fingerprint density at radius 1 is 1.06 bits per heavy atom. The van der Waals surface area contributed by atoms with Gasteiger partial charge in [0.25, 0.3) is 11.8 Å². The van der Waals surface area contributed by atoms with E-state index in [4.69, 9.17) is 0 Å². The monoisotopic (exact) mass is 458 g/mol. The fourth-order valence-corrected chi connectivity index (χ4v) is 4.01. The van der Waals surface area contributed by atoms with Gasteiger partial charge in [-0.15, -0.1) is 11.3 Å². The number of nitrogens with zero attached hydrogens (tertiary/aromatic N) is 1. The van der Waals surface area contributed by atoms with Crippen LogP contribution in [-0.2, 0) is 6.18 Å². The van der Waals surface area contributed by atoms with E-state index < -0.39 is 17.6 Å². The summed E-state index contributed by atoms with van der Waals surface area (Å²) >= 11 is 1.16. The van der Waals surface area contributed by atoms with Crippen molar-refractivity contribution in [3.63, 3.8) is 0 Å². The van der Waals surface area contributed by atoms with Crippen molar-refractivity contribution < 1.29 is 22.8 Å². The minimum Gasteiger partial charge on any atom is -0.345 e. The zero-order chi connectivity index (χ0) is 22.9. The van der Waals surface area contributed by atoms with Gasteiger partial charge in [-0.1, -0.05) is 6.07 Å². The summed E-state index contributed by atoms with van der Waals surface area (Å²) in [6, 6.07) is 12.5. The van der Waals surface area contributed by atoms with Crippen molar-refractivity contribution >= 4 is 39.7 Å². The van der Waals surface area contributed by atoms with Crippen molar-refractivity contribution in [3.8, 4) is 0 Å². The van der Waals surface area contributed by atoms with E-state index >= 15 is 0 Å². The molecule has 2 aromatic carbocycles. The van der Waals surface area contributed by atoms with Crippen LogP contribution in [0.15, 0.2) is 60.8 Å². The lowest BCUT2D eigenvalue weighted by Gasteiger charge is -2.12. The third-order valence-electron chi connectivity index (χ3n) is 4.78. The summed E-state index contributed by atoms with van der Waals surface area (Å²) in [6.07, 6.45) is -2.86. The maximum absolute atomic E-state index is 12.9. The van der Waals surface area contributed by atoms with Gasteiger partial charge in [0.1, 0.15) is 0 Å². The molecule has 0 saturated carbocycles. The molecule has 164 valence electrons. The zero-order valence-electron chi connectivity index (χ0n) is 16.7. The Bertz CT molecular complexity index is 1300.